The van der Waals surface area contributed by atoms with Crippen LogP contribution in [0.1, 0.15) is 39.0 Å². The number of carboxylic acid groups (broad SMARTS) is 1. The van der Waals surface area contributed by atoms with Crippen LogP contribution in [0.5, 0.6) is 0 Å². The Morgan fingerprint density at radius 2 is 1.81 bits per heavy atom. The molecule has 1 aliphatic carbocycles. The van der Waals surface area contributed by atoms with Crippen molar-refractivity contribution in [2.75, 3.05) is 51.7 Å². The third-order valence-corrected chi connectivity index (χ3v) is 5.83. The summed E-state index contributed by atoms with van der Waals surface area (Å²) in [4.78, 5) is 21.5. The quantitative estimate of drug-likeness (QED) is 0.492. The molecule has 1 saturated heterocycles. The predicted octanol–water partition coefficient (Wildman–Crippen LogP) is 2.41. The molecule has 3 rings (SSSR count). The van der Waals surface area contributed by atoms with Crippen LogP contribution in [0.25, 0.3) is 0 Å². The van der Waals surface area contributed by atoms with Crippen LogP contribution in [0.3, 0.4) is 0 Å². The molecule has 1 aromatic heterocycles. The van der Waals surface area contributed by atoms with Gasteiger partial charge in [-0.2, -0.15) is 8.42 Å². The minimum atomic E-state index is -3.58. The number of hydrogen-bond donors (Lipinski definition) is 2. The standard InChI is InChI=1S/C11H17N3.C7H12O2.C2H7ClN2O2S/c1-2-13-7-9-14(10-8-13)11-5-3-4-6-12-11;8-7(9)6-4-2-1-3-5-6;1-5(2)4-8(3,6)7/h3-6H,2,7-10H2,1H3;6H,1-5H2,(H,8,9);4H,1-2H3. The van der Waals surface area contributed by atoms with Gasteiger partial charge in [0.2, 0.25) is 0 Å². The number of piperazine rings is 1. The number of aliphatic carboxylic acids is 1. The average molecular weight is 478 g/mol. The number of likely N-dealkylation sites (N-methyl/N-ethyl adjacent to an activating group) is 1. The minimum absolute atomic E-state index is 0.0289. The zero-order valence-electron chi connectivity index (χ0n) is 18.7. The molecule has 2 heterocycles. The van der Waals surface area contributed by atoms with Crippen molar-refractivity contribution in [1.82, 2.24) is 19.7 Å². The summed E-state index contributed by atoms with van der Waals surface area (Å²) in [5, 5.41) is 9.78. The fourth-order valence-electron chi connectivity index (χ4n) is 3.40. The first-order valence-corrected chi connectivity index (χ1v) is 12.9. The van der Waals surface area contributed by atoms with Crippen LogP contribution in [0.15, 0.2) is 24.4 Å². The van der Waals surface area contributed by atoms with Crippen molar-refractivity contribution in [3.05, 3.63) is 24.4 Å². The lowest BCUT2D eigenvalue weighted by molar-refractivity contribution is -0.142. The van der Waals surface area contributed by atoms with Gasteiger partial charge >= 0.3 is 15.2 Å². The van der Waals surface area contributed by atoms with E-state index in [0.717, 1.165) is 64.2 Å². The zero-order valence-corrected chi connectivity index (χ0v) is 20.3. The normalized spacial score (nSPS) is 17.9. The van der Waals surface area contributed by atoms with E-state index in [4.69, 9.17) is 15.8 Å². The van der Waals surface area contributed by atoms with Gasteiger partial charge < -0.3 is 14.9 Å². The van der Waals surface area contributed by atoms with Crippen molar-refractivity contribution in [2.24, 2.45) is 5.92 Å². The van der Waals surface area contributed by atoms with E-state index in [0.29, 0.717) is 0 Å². The highest BCUT2D eigenvalue weighted by Crippen LogP contribution is 2.23. The Balaban J connectivity index is 0.000000247. The van der Waals surface area contributed by atoms with Gasteiger partial charge in [0.1, 0.15) is 5.82 Å². The maximum atomic E-state index is 10.4. The Kier molecular flexibility index (Phi) is 13.0. The molecule has 178 valence electrons. The number of anilines is 1. The average Bonchev–Trinajstić information content (AvgIpc) is 2.74. The maximum Gasteiger partial charge on any atom is 0.310 e. The molecule has 1 aromatic rings. The van der Waals surface area contributed by atoms with Gasteiger partial charge in [0, 0.05) is 57.2 Å². The molecule has 11 heteroatoms. The first kappa shape index (κ1) is 27.6. The lowest BCUT2D eigenvalue weighted by atomic mass is 9.90. The molecule has 2 N–H and O–H groups in total. The highest BCUT2D eigenvalue weighted by Gasteiger charge is 2.19. The summed E-state index contributed by atoms with van der Waals surface area (Å²) < 4.78 is 20.1. The second-order valence-corrected chi connectivity index (χ2v) is 9.98. The van der Waals surface area contributed by atoms with Crippen LogP contribution < -0.4 is 9.73 Å². The van der Waals surface area contributed by atoms with E-state index >= 15 is 0 Å². The van der Waals surface area contributed by atoms with Crippen molar-refractivity contribution in [1.29, 1.82) is 0 Å². The molecule has 0 unspecified atom stereocenters. The van der Waals surface area contributed by atoms with Gasteiger partial charge in [0.05, 0.1) is 5.92 Å². The van der Waals surface area contributed by atoms with E-state index in [1.165, 1.54) is 25.5 Å². The van der Waals surface area contributed by atoms with Gasteiger partial charge in [-0.25, -0.2) is 9.99 Å². The van der Waals surface area contributed by atoms with Crippen molar-refractivity contribution in [3.8, 4) is 0 Å². The van der Waals surface area contributed by atoms with Gasteiger partial charge in [0.15, 0.2) is 0 Å². The second-order valence-electron chi connectivity index (χ2n) is 7.71. The third-order valence-electron chi connectivity index (χ3n) is 5.04. The summed E-state index contributed by atoms with van der Waals surface area (Å²) in [6, 6.07) is 6.10. The molecule has 0 radical (unpaired) electrons. The molecule has 1 aliphatic heterocycles. The van der Waals surface area contributed by atoms with Gasteiger partial charge in [-0.3, -0.25) is 4.79 Å². The molecule has 9 nitrogen and oxygen atoms in total. The second kappa shape index (κ2) is 14.6. The fourth-order valence-corrected chi connectivity index (χ4v) is 4.25. The highest BCUT2D eigenvalue weighted by atomic mass is 35.7. The number of pyridine rings is 1. The number of nitrogens with zero attached hydrogens (tertiary/aromatic N) is 4. The van der Waals surface area contributed by atoms with Crippen molar-refractivity contribution < 1.29 is 18.3 Å². The van der Waals surface area contributed by atoms with E-state index in [9.17, 15) is 13.2 Å². The van der Waals surface area contributed by atoms with Crippen LogP contribution in [0.2, 0.25) is 0 Å². The fraction of sp³-hybridized carbons (Fsp3) is 0.700. The summed E-state index contributed by atoms with van der Waals surface area (Å²) in [5.74, 6) is 0.483. The summed E-state index contributed by atoms with van der Waals surface area (Å²) in [6.07, 6.45) is 7.10. The topological polar surface area (TPSA) is 106 Å². The molecule has 31 heavy (non-hydrogen) atoms. The summed E-state index contributed by atoms with van der Waals surface area (Å²) in [7, 11) is 4.23. The first-order valence-electron chi connectivity index (χ1n) is 10.6. The molecular formula is C20H36ClN5O4S. The van der Waals surface area contributed by atoms with E-state index < -0.39 is 15.2 Å². The van der Waals surface area contributed by atoms with Gasteiger partial charge in [-0.1, -0.05) is 32.3 Å². The van der Waals surface area contributed by atoms with Crippen LogP contribution in [-0.4, -0.2) is 81.2 Å². The number of halogens is 1. The number of aromatic nitrogens is 1. The van der Waals surface area contributed by atoms with Crippen molar-refractivity contribution >= 4 is 31.7 Å². The van der Waals surface area contributed by atoms with Gasteiger partial charge in [-0.05, 0) is 31.5 Å². The van der Waals surface area contributed by atoms with Crippen molar-refractivity contribution in [3.63, 3.8) is 0 Å². The van der Waals surface area contributed by atoms with Crippen LogP contribution in [0.4, 0.5) is 5.82 Å². The van der Waals surface area contributed by atoms with Gasteiger partial charge in [0.25, 0.3) is 0 Å². The summed E-state index contributed by atoms with van der Waals surface area (Å²) in [5.41, 5.74) is 0. The molecule has 2 aliphatic rings. The largest absolute Gasteiger partial charge is 0.481 e. The number of hydrogen-bond acceptors (Lipinski definition) is 7. The highest BCUT2D eigenvalue weighted by molar-refractivity contribution is 8.12. The molecule has 0 bridgehead atoms. The smallest absolute Gasteiger partial charge is 0.310 e. The Morgan fingerprint density at radius 3 is 2.16 bits per heavy atom. The van der Waals surface area contributed by atoms with E-state index in [-0.39, 0.29) is 5.92 Å². The minimum Gasteiger partial charge on any atom is -0.481 e. The Morgan fingerprint density at radius 1 is 1.19 bits per heavy atom. The van der Waals surface area contributed by atoms with E-state index in [2.05, 4.69) is 33.8 Å². The predicted molar refractivity (Wildman–Crippen MR) is 124 cm³/mol. The SMILES string of the molecule is CCN1CCN(c2ccccn2)CC1.CN(C)NS(=O)(=O)Cl.O=C(O)C1CCCCC1. The maximum absolute atomic E-state index is 10.4. The molecule has 2 fully saturated rings. The molecule has 0 atom stereocenters. The molecule has 0 amide bonds. The van der Waals surface area contributed by atoms with E-state index in [1.54, 1.807) is 0 Å². The van der Waals surface area contributed by atoms with E-state index in [1.807, 2.05) is 17.1 Å². The Bertz CT molecular complexity index is 722. The molecule has 0 spiro atoms. The summed E-state index contributed by atoms with van der Waals surface area (Å²) in [6.45, 7) is 7.91. The molecular weight excluding hydrogens is 442 g/mol. The Labute approximate surface area is 190 Å². The molecule has 1 saturated carbocycles. The monoisotopic (exact) mass is 477 g/mol. The van der Waals surface area contributed by atoms with Crippen LogP contribution in [-0.2, 0) is 14.0 Å². The lowest BCUT2D eigenvalue weighted by Crippen LogP contribution is -2.46. The Hall–Kier alpha value is -1.46. The van der Waals surface area contributed by atoms with Crippen molar-refractivity contribution in [2.45, 2.75) is 39.0 Å². The van der Waals surface area contributed by atoms with Crippen LogP contribution >= 0.6 is 10.7 Å². The van der Waals surface area contributed by atoms with Gasteiger partial charge in [-0.15, -0.1) is 4.83 Å². The number of carboxylic acids is 1. The van der Waals surface area contributed by atoms with Crippen LogP contribution in [0, 0.1) is 5.92 Å². The lowest BCUT2D eigenvalue weighted by Gasteiger charge is -2.34. The third kappa shape index (κ3) is 12.9. The first-order chi connectivity index (χ1) is 14.6. The molecule has 0 aromatic carbocycles. The number of nitrogens with one attached hydrogen (secondary N) is 1. The summed E-state index contributed by atoms with van der Waals surface area (Å²) >= 11 is 0. The number of hydrazine groups is 1. The number of rotatable bonds is 5. The zero-order chi connectivity index (χ0) is 23.3. The number of carbonyl (C=O) groups is 1.